The Hall–Kier alpha value is -1.07. The molecule has 56 valence electrons. The van der Waals surface area contributed by atoms with E-state index in [4.69, 9.17) is 15.3 Å². The van der Waals surface area contributed by atoms with Crippen molar-refractivity contribution < 1.29 is 24.9 Å². The van der Waals surface area contributed by atoms with Gasteiger partial charge in [-0.2, -0.15) is 0 Å². The molecule has 0 aromatic heterocycles. The van der Waals surface area contributed by atoms with Crippen molar-refractivity contribution in [3.63, 3.8) is 0 Å². The van der Waals surface area contributed by atoms with E-state index in [0.29, 0.717) is 0 Å². The third kappa shape index (κ3) is 0.960. The average molecular weight is 146 g/mol. The number of hydrogen-bond acceptors (Lipinski definition) is 4. The SMILES string of the molecule is O=C(O)OC1(O)C=CC1O. The molecule has 5 nitrogen and oxygen atoms in total. The predicted octanol–water partition coefficient (Wildman–Crippen LogP) is -0.700. The number of carbonyl (C=O) groups is 1. The number of hydrogen-bond donors (Lipinski definition) is 3. The fourth-order valence-corrected chi connectivity index (χ4v) is 0.581. The van der Waals surface area contributed by atoms with Gasteiger partial charge in [-0.3, -0.25) is 0 Å². The molecule has 0 amide bonds. The number of aliphatic hydroxyl groups excluding tert-OH is 1. The van der Waals surface area contributed by atoms with Crippen molar-refractivity contribution in [2.75, 3.05) is 0 Å². The van der Waals surface area contributed by atoms with Gasteiger partial charge in [0.15, 0.2) is 0 Å². The van der Waals surface area contributed by atoms with E-state index >= 15 is 0 Å². The Bertz CT molecular complexity index is 186. The lowest BCUT2D eigenvalue weighted by molar-refractivity contribution is -0.198. The van der Waals surface area contributed by atoms with Crippen LogP contribution in [0.2, 0.25) is 0 Å². The number of ether oxygens (including phenoxy) is 1. The first-order valence-corrected chi connectivity index (χ1v) is 2.56. The molecule has 0 spiro atoms. The molecule has 5 heteroatoms. The zero-order valence-corrected chi connectivity index (χ0v) is 4.89. The van der Waals surface area contributed by atoms with E-state index in [1.54, 1.807) is 0 Å². The van der Waals surface area contributed by atoms with Crippen molar-refractivity contribution in [2.24, 2.45) is 0 Å². The summed E-state index contributed by atoms with van der Waals surface area (Å²) in [6.45, 7) is 0. The molecule has 0 fully saturated rings. The Labute approximate surface area is 56.2 Å². The number of aliphatic hydroxyl groups is 2. The van der Waals surface area contributed by atoms with Gasteiger partial charge in [-0.25, -0.2) is 4.79 Å². The van der Waals surface area contributed by atoms with E-state index in [2.05, 4.69) is 4.74 Å². The van der Waals surface area contributed by atoms with Crippen LogP contribution in [0, 0.1) is 0 Å². The topological polar surface area (TPSA) is 87.0 Å². The first-order chi connectivity index (χ1) is 4.54. The predicted molar refractivity (Wildman–Crippen MR) is 29.2 cm³/mol. The van der Waals surface area contributed by atoms with Gasteiger partial charge in [0.25, 0.3) is 5.79 Å². The Kier molecular flexibility index (Phi) is 1.38. The summed E-state index contributed by atoms with van der Waals surface area (Å²) in [4.78, 5) is 9.83. The Morgan fingerprint density at radius 2 is 2.30 bits per heavy atom. The van der Waals surface area contributed by atoms with Gasteiger partial charge in [-0.05, 0) is 12.2 Å². The van der Waals surface area contributed by atoms with Crippen molar-refractivity contribution in [1.29, 1.82) is 0 Å². The van der Waals surface area contributed by atoms with Crippen LogP contribution in [0.4, 0.5) is 4.79 Å². The molecular formula is C5H6O5. The van der Waals surface area contributed by atoms with Crippen molar-refractivity contribution >= 4 is 6.16 Å². The van der Waals surface area contributed by atoms with Crippen molar-refractivity contribution in [3.05, 3.63) is 12.2 Å². The van der Waals surface area contributed by atoms with Crippen molar-refractivity contribution in [3.8, 4) is 0 Å². The summed E-state index contributed by atoms with van der Waals surface area (Å²) < 4.78 is 3.92. The van der Waals surface area contributed by atoms with Crippen molar-refractivity contribution in [2.45, 2.75) is 11.9 Å². The van der Waals surface area contributed by atoms with Crippen LogP contribution in [0.5, 0.6) is 0 Å². The normalized spacial score (nSPS) is 36.8. The molecular weight excluding hydrogens is 140 g/mol. The largest absolute Gasteiger partial charge is 0.508 e. The summed E-state index contributed by atoms with van der Waals surface area (Å²) in [6, 6.07) is 0. The lowest BCUT2D eigenvalue weighted by Gasteiger charge is -2.32. The summed E-state index contributed by atoms with van der Waals surface area (Å²) in [5.74, 6) is -2.02. The first kappa shape index (κ1) is 7.04. The Morgan fingerprint density at radius 3 is 2.40 bits per heavy atom. The molecule has 0 aliphatic heterocycles. The molecule has 0 saturated carbocycles. The van der Waals surface area contributed by atoms with Crippen LogP contribution in [0.3, 0.4) is 0 Å². The highest BCUT2D eigenvalue weighted by atomic mass is 16.7. The highest BCUT2D eigenvalue weighted by Crippen LogP contribution is 2.24. The summed E-state index contributed by atoms with van der Waals surface area (Å²) in [5.41, 5.74) is 0. The second-order valence-electron chi connectivity index (χ2n) is 1.92. The summed E-state index contributed by atoms with van der Waals surface area (Å²) in [5, 5.41) is 25.6. The minimum atomic E-state index is -2.02. The highest BCUT2D eigenvalue weighted by Gasteiger charge is 2.42. The van der Waals surface area contributed by atoms with Gasteiger partial charge < -0.3 is 20.1 Å². The maximum absolute atomic E-state index is 9.83. The summed E-state index contributed by atoms with van der Waals surface area (Å²) in [7, 11) is 0. The lowest BCUT2D eigenvalue weighted by atomic mass is 9.99. The maximum Gasteiger partial charge on any atom is 0.508 e. The van der Waals surface area contributed by atoms with E-state index in [0.717, 1.165) is 6.08 Å². The zero-order chi connectivity index (χ0) is 7.78. The van der Waals surface area contributed by atoms with Crippen LogP contribution in [-0.2, 0) is 4.74 Å². The van der Waals surface area contributed by atoms with E-state index in [9.17, 15) is 4.79 Å². The first-order valence-electron chi connectivity index (χ1n) is 2.56. The molecule has 10 heavy (non-hydrogen) atoms. The van der Waals surface area contributed by atoms with Crippen LogP contribution in [-0.4, -0.2) is 33.4 Å². The standard InChI is InChI=1S/C5H6O5/c6-3-1-2-5(3,9)10-4(7)8/h1-3,6,9H,(H,7,8). The van der Waals surface area contributed by atoms with Gasteiger partial charge in [0.05, 0.1) is 0 Å². The van der Waals surface area contributed by atoms with E-state index in [1.165, 1.54) is 6.08 Å². The summed E-state index contributed by atoms with van der Waals surface area (Å²) >= 11 is 0. The molecule has 3 N–H and O–H groups in total. The molecule has 0 aromatic carbocycles. The Balaban J connectivity index is 2.56. The molecule has 2 atom stereocenters. The quantitative estimate of drug-likeness (QED) is 0.258. The minimum Gasteiger partial charge on any atom is -0.450 e. The van der Waals surface area contributed by atoms with Gasteiger partial charge in [-0.1, -0.05) is 0 Å². The average Bonchev–Trinajstić information content (AvgIpc) is 1.84. The van der Waals surface area contributed by atoms with Crippen molar-refractivity contribution in [1.82, 2.24) is 0 Å². The number of rotatable bonds is 1. The zero-order valence-electron chi connectivity index (χ0n) is 4.89. The van der Waals surface area contributed by atoms with E-state index in [1.807, 2.05) is 0 Å². The Morgan fingerprint density at radius 1 is 1.70 bits per heavy atom. The fourth-order valence-electron chi connectivity index (χ4n) is 0.581. The third-order valence-electron chi connectivity index (χ3n) is 1.19. The molecule has 0 aromatic rings. The van der Waals surface area contributed by atoms with E-state index < -0.39 is 18.0 Å². The molecule has 2 unspecified atom stereocenters. The van der Waals surface area contributed by atoms with Crippen LogP contribution in [0.25, 0.3) is 0 Å². The minimum absolute atomic E-state index is 1.06. The summed E-state index contributed by atoms with van der Waals surface area (Å²) in [6.07, 6.45) is -0.580. The van der Waals surface area contributed by atoms with Crippen LogP contribution in [0.15, 0.2) is 12.2 Å². The molecule has 0 saturated heterocycles. The van der Waals surface area contributed by atoms with E-state index in [-0.39, 0.29) is 0 Å². The van der Waals surface area contributed by atoms with Gasteiger partial charge in [-0.15, -0.1) is 0 Å². The monoisotopic (exact) mass is 146 g/mol. The van der Waals surface area contributed by atoms with Gasteiger partial charge >= 0.3 is 6.16 Å². The fraction of sp³-hybridized carbons (Fsp3) is 0.400. The number of carboxylic acid groups (broad SMARTS) is 1. The van der Waals surface area contributed by atoms with Crippen LogP contribution >= 0.6 is 0 Å². The molecule has 1 aliphatic rings. The van der Waals surface area contributed by atoms with Crippen LogP contribution < -0.4 is 0 Å². The second kappa shape index (κ2) is 1.96. The molecule has 1 rings (SSSR count). The smallest absolute Gasteiger partial charge is 0.450 e. The van der Waals surface area contributed by atoms with Crippen LogP contribution in [0.1, 0.15) is 0 Å². The molecule has 0 bridgehead atoms. The van der Waals surface area contributed by atoms with Gasteiger partial charge in [0, 0.05) is 0 Å². The molecule has 1 aliphatic carbocycles. The molecule has 0 radical (unpaired) electrons. The maximum atomic E-state index is 9.83. The lowest BCUT2D eigenvalue weighted by Crippen LogP contribution is -2.49. The second-order valence-corrected chi connectivity index (χ2v) is 1.92. The molecule has 0 heterocycles. The third-order valence-corrected chi connectivity index (χ3v) is 1.19. The van der Waals surface area contributed by atoms with Gasteiger partial charge in [0.1, 0.15) is 6.10 Å². The van der Waals surface area contributed by atoms with Gasteiger partial charge in [0.2, 0.25) is 0 Å². The highest BCUT2D eigenvalue weighted by molar-refractivity contribution is 5.58.